The second-order valence-electron chi connectivity index (χ2n) is 4.64. The molecule has 0 atom stereocenters. The van der Waals surface area contributed by atoms with Gasteiger partial charge in [-0.15, -0.1) is 13.2 Å². The molecule has 0 spiro atoms. The van der Waals surface area contributed by atoms with Crippen molar-refractivity contribution in [1.82, 2.24) is 0 Å². The molecule has 2 rings (SSSR count). The van der Waals surface area contributed by atoms with E-state index < -0.39 is 44.1 Å². The summed E-state index contributed by atoms with van der Waals surface area (Å²) in [6.07, 6.45) is -5.08. The molecule has 0 fully saturated rings. The van der Waals surface area contributed by atoms with Crippen LogP contribution in [0.15, 0.2) is 47.4 Å². The number of primary sulfonamides is 1. The molecule has 4 N–H and O–H groups in total. The number of benzene rings is 2. The maximum atomic E-state index is 12.6. The van der Waals surface area contributed by atoms with E-state index >= 15 is 0 Å². The molecule has 0 radical (unpaired) electrons. The number of alkyl halides is 3. The fourth-order valence-corrected chi connectivity index (χ4v) is 3.12. The number of primary amides is 1. The van der Waals surface area contributed by atoms with Crippen LogP contribution >= 0.6 is 0 Å². The van der Waals surface area contributed by atoms with Gasteiger partial charge in [0.05, 0.1) is 5.56 Å². The van der Waals surface area contributed by atoms with Gasteiger partial charge in [-0.2, -0.15) is 0 Å². The highest BCUT2D eigenvalue weighted by Gasteiger charge is 2.35. The van der Waals surface area contributed by atoms with Crippen LogP contribution in [0.2, 0.25) is 0 Å². The number of amides is 1. The maximum Gasteiger partial charge on any atom is 0.573 e. The molecule has 6 nitrogen and oxygen atoms in total. The van der Waals surface area contributed by atoms with E-state index in [4.69, 9.17) is 10.9 Å². The van der Waals surface area contributed by atoms with Crippen molar-refractivity contribution >= 4 is 15.9 Å². The number of hydrogen-bond acceptors (Lipinski definition) is 4. The second kappa shape index (κ2) is 6.13. The number of carbonyl (C=O) groups is 1. The molecule has 0 saturated heterocycles. The SMILES string of the molecule is NC(=O)c1ccc(OC(F)(F)F)c(-c2ccccc2)c1S(N)(=O)=O. The van der Waals surface area contributed by atoms with Crippen molar-refractivity contribution < 1.29 is 31.1 Å². The normalized spacial score (nSPS) is 12.0. The first-order valence-electron chi connectivity index (χ1n) is 6.31. The Labute approximate surface area is 134 Å². The molecular weight excluding hydrogens is 349 g/mol. The third-order valence-corrected chi connectivity index (χ3v) is 3.95. The van der Waals surface area contributed by atoms with E-state index in [0.29, 0.717) is 0 Å². The summed E-state index contributed by atoms with van der Waals surface area (Å²) in [6, 6.07) is 8.83. The zero-order chi connectivity index (χ0) is 18.1. The van der Waals surface area contributed by atoms with E-state index in [1.165, 1.54) is 24.3 Å². The highest BCUT2D eigenvalue weighted by atomic mass is 32.2. The summed E-state index contributed by atoms with van der Waals surface area (Å²) < 4.78 is 65.6. The molecule has 128 valence electrons. The molecule has 2 aromatic rings. The first-order valence-corrected chi connectivity index (χ1v) is 7.86. The Bertz CT molecular complexity index is 881. The molecule has 0 heterocycles. The third kappa shape index (κ3) is 3.84. The largest absolute Gasteiger partial charge is 0.573 e. The Balaban J connectivity index is 2.92. The summed E-state index contributed by atoms with van der Waals surface area (Å²) >= 11 is 0. The molecule has 0 aromatic heterocycles. The second-order valence-corrected chi connectivity index (χ2v) is 6.14. The van der Waals surface area contributed by atoms with Gasteiger partial charge >= 0.3 is 6.36 Å². The molecule has 0 saturated carbocycles. The highest BCUT2D eigenvalue weighted by molar-refractivity contribution is 7.89. The average Bonchev–Trinajstić information content (AvgIpc) is 2.44. The lowest BCUT2D eigenvalue weighted by Gasteiger charge is -2.18. The van der Waals surface area contributed by atoms with E-state index in [2.05, 4.69) is 4.74 Å². The number of sulfonamides is 1. The zero-order valence-electron chi connectivity index (χ0n) is 11.9. The Morgan fingerprint density at radius 3 is 2.08 bits per heavy atom. The van der Waals surface area contributed by atoms with Gasteiger partial charge in [0, 0.05) is 5.56 Å². The molecule has 10 heteroatoms. The minimum atomic E-state index is -5.08. The minimum absolute atomic E-state index is 0.0591. The van der Waals surface area contributed by atoms with Gasteiger partial charge in [0.25, 0.3) is 0 Å². The van der Waals surface area contributed by atoms with Gasteiger partial charge < -0.3 is 10.5 Å². The average molecular weight is 360 g/mol. The predicted molar refractivity (Wildman–Crippen MR) is 78.5 cm³/mol. The summed E-state index contributed by atoms with van der Waals surface area (Å²) in [6.45, 7) is 0. The monoisotopic (exact) mass is 360 g/mol. The van der Waals surface area contributed by atoms with E-state index in [1.807, 2.05) is 0 Å². The van der Waals surface area contributed by atoms with Gasteiger partial charge in [-0.1, -0.05) is 30.3 Å². The van der Waals surface area contributed by atoms with Gasteiger partial charge in [0.1, 0.15) is 10.6 Å². The van der Waals surface area contributed by atoms with E-state index in [-0.39, 0.29) is 5.56 Å². The van der Waals surface area contributed by atoms with Gasteiger partial charge in [-0.3, -0.25) is 4.79 Å². The zero-order valence-corrected chi connectivity index (χ0v) is 12.7. The van der Waals surface area contributed by atoms with Crippen molar-refractivity contribution in [2.45, 2.75) is 11.3 Å². The first kappa shape index (κ1) is 17.8. The Morgan fingerprint density at radius 1 is 1.04 bits per heavy atom. The summed E-state index contributed by atoms with van der Waals surface area (Å²) in [4.78, 5) is 10.7. The number of halogens is 3. The third-order valence-electron chi connectivity index (χ3n) is 2.96. The van der Waals surface area contributed by atoms with Crippen LogP contribution in [0.3, 0.4) is 0 Å². The molecule has 0 aliphatic heterocycles. The van der Waals surface area contributed by atoms with Crippen LogP contribution in [0.1, 0.15) is 10.4 Å². The lowest BCUT2D eigenvalue weighted by atomic mass is 10.0. The fourth-order valence-electron chi connectivity index (χ4n) is 2.14. The van der Waals surface area contributed by atoms with Crippen molar-refractivity contribution in [3.05, 3.63) is 48.0 Å². The van der Waals surface area contributed by atoms with Gasteiger partial charge in [0.15, 0.2) is 0 Å². The summed E-state index contributed by atoms with van der Waals surface area (Å²) in [5, 5.41) is 5.09. The van der Waals surface area contributed by atoms with Crippen LogP contribution in [0, 0.1) is 0 Å². The lowest BCUT2D eigenvalue weighted by Crippen LogP contribution is -2.23. The summed E-state index contributed by atoms with van der Waals surface area (Å²) in [5.74, 6) is -1.97. The van der Waals surface area contributed by atoms with Crippen molar-refractivity contribution in [2.75, 3.05) is 0 Å². The Kier molecular flexibility index (Phi) is 4.54. The quantitative estimate of drug-likeness (QED) is 0.868. The molecule has 0 aliphatic carbocycles. The summed E-state index contributed by atoms with van der Waals surface area (Å²) in [5.41, 5.74) is 4.14. The van der Waals surface area contributed by atoms with Crippen LogP contribution in [0.4, 0.5) is 13.2 Å². The highest BCUT2D eigenvalue weighted by Crippen LogP contribution is 2.39. The van der Waals surface area contributed by atoms with Crippen LogP contribution in [0.25, 0.3) is 11.1 Å². The maximum absolute atomic E-state index is 12.6. The van der Waals surface area contributed by atoms with Crippen molar-refractivity contribution in [3.8, 4) is 16.9 Å². The molecular formula is C14H11F3N2O4S. The number of carbonyl (C=O) groups excluding carboxylic acids is 1. The van der Waals surface area contributed by atoms with Crippen LogP contribution in [-0.4, -0.2) is 20.7 Å². The molecule has 0 aliphatic rings. The van der Waals surface area contributed by atoms with E-state index in [9.17, 15) is 26.4 Å². The van der Waals surface area contributed by atoms with E-state index in [1.54, 1.807) is 6.07 Å². The Morgan fingerprint density at radius 2 is 1.62 bits per heavy atom. The number of nitrogens with two attached hydrogens (primary N) is 2. The van der Waals surface area contributed by atoms with Crippen LogP contribution < -0.4 is 15.6 Å². The van der Waals surface area contributed by atoms with Gasteiger partial charge in [-0.25, -0.2) is 13.6 Å². The van der Waals surface area contributed by atoms with Crippen LogP contribution in [-0.2, 0) is 10.0 Å². The van der Waals surface area contributed by atoms with Crippen molar-refractivity contribution in [2.24, 2.45) is 10.9 Å². The Hall–Kier alpha value is -2.59. The van der Waals surface area contributed by atoms with Gasteiger partial charge in [0.2, 0.25) is 15.9 Å². The smallest absolute Gasteiger partial charge is 0.405 e. The van der Waals surface area contributed by atoms with Gasteiger partial charge in [-0.05, 0) is 17.7 Å². The van der Waals surface area contributed by atoms with Crippen LogP contribution in [0.5, 0.6) is 5.75 Å². The number of ether oxygens (including phenoxy) is 1. The predicted octanol–water partition coefficient (Wildman–Crippen LogP) is 2.00. The lowest BCUT2D eigenvalue weighted by molar-refractivity contribution is -0.274. The molecule has 2 aromatic carbocycles. The number of hydrogen-bond donors (Lipinski definition) is 2. The van der Waals surface area contributed by atoms with Crippen molar-refractivity contribution in [1.29, 1.82) is 0 Å². The standard InChI is InChI=1S/C14H11F3N2O4S/c15-14(16,17)23-10-7-6-9(13(18)20)12(24(19,21)22)11(10)8-4-2-1-3-5-8/h1-7H,(H2,18,20)(H2,19,21,22). The molecule has 0 bridgehead atoms. The molecule has 0 unspecified atom stereocenters. The number of rotatable bonds is 4. The molecule has 24 heavy (non-hydrogen) atoms. The molecule has 1 amide bonds. The van der Waals surface area contributed by atoms with E-state index in [0.717, 1.165) is 12.1 Å². The summed E-state index contributed by atoms with van der Waals surface area (Å²) in [7, 11) is -4.58. The fraction of sp³-hybridized carbons (Fsp3) is 0.0714. The topological polar surface area (TPSA) is 112 Å². The minimum Gasteiger partial charge on any atom is -0.405 e. The first-order chi connectivity index (χ1) is 11.0. The van der Waals surface area contributed by atoms with Crippen molar-refractivity contribution in [3.63, 3.8) is 0 Å².